The van der Waals surface area contributed by atoms with Gasteiger partial charge in [0, 0.05) is 0 Å². The monoisotopic (exact) mass is 223 g/mol. The van der Waals surface area contributed by atoms with Crippen LogP contribution in [0.25, 0.3) is 0 Å². The van der Waals surface area contributed by atoms with E-state index in [-0.39, 0.29) is 15.1 Å². The minimum atomic E-state index is -1.96. The number of hydrogen-bond donors (Lipinski definition) is 0. The molecule has 0 unspecified atom stereocenters. The molecule has 0 aromatic rings. The van der Waals surface area contributed by atoms with E-state index in [0.717, 1.165) is 0 Å². The summed E-state index contributed by atoms with van der Waals surface area (Å²) in [6.07, 6.45) is 7.89. The van der Waals surface area contributed by atoms with Crippen molar-refractivity contribution >= 4 is 8.07 Å². The SMILES string of the molecule is [C]#C[Si](C(C)(C)C)(C(C)(C)C)C(C)(C)C. The largest absolute Gasteiger partial charge is 0.155 e. The highest BCUT2D eigenvalue weighted by atomic mass is 28.3. The van der Waals surface area contributed by atoms with Gasteiger partial charge in [0.15, 0.2) is 8.07 Å². The molecule has 87 valence electrons. The van der Waals surface area contributed by atoms with Gasteiger partial charge in [0.1, 0.15) is 0 Å². The Hall–Kier alpha value is -0.223. The number of hydrogen-bond acceptors (Lipinski definition) is 0. The maximum atomic E-state index is 7.89. The molecule has 0 fully saturated rings. The fourth-order valence-electron chi connectivity index (χ4n) is 3.94. The molecule has 0 aliphatic carbocycles. The Morgan fingerprint density at radius 3 is 0.867 bits per heavy atom. The zero-order chi connectivity index (χ0) is 12.7. The summed E-state index contributed by atoms with van der Waals surface area (Å²) in [6, 6.07) is 0. The third-order valence-corrected chi connectivity index (χ3v) is 10.7. The molecule has 0 nitrogen and oxygen atoms in total. The summed E-state index contributed by atoms with van der Waals surface area (Å²) >= 11 is 0. The van der Waals surface area contributed by atoms with Crippen molar-refractivity contribution in [2.75, 3.05) is 0 Å². The Morgan fingerprint density at radius 2 is 0.867 bits per heavy atom. The summed E-state index contributed by atoms with van der Waals surface area (Å²) in [7, 11) is -1.96. The highest BCUT2D eigenvalue weighted by Gasteiger charge is 2.59. The van der Waals surface area contributed by atoms with Gasteiger partial charge in [-0.3, -0.25) is 0 Å². The van der Waals surface area contributed by atoms with Gasteiger partial charge in [-0.25, -0.2) is 0 Å². The van der Waals surface area contributed by atoms with Crippen LogP contribution in [0.15, 0.2) is 0 Å². The van der Waals surface area contributed by atoms with E-state index >= 15 is 0 Å². The van der Waals surface area contributed by atoms with Crippen LogP contribution in [0.5, 0.6) is 0 Å². The van der Waals surface area contributed by atoms with E-state index in [0.29, 0.717) is 0 Å². The first-order valence-corrected chi connectivity index (χ1v) is 7.75. The summed E-state index contributed by atoms with van der Waals surface area (Å²) in [5.74, 6) is 0. The smallest absolute Gasteiger partial charge is 0.116 e. The van der Waals surface area contributed by atoms with Crippen LogP contribution in [-0.4, -0.2) is 8.07 Å². The molecular weight excluding hydrogens is 196 g/mol. The van der Waals surface area contributed by atoms with E-state index in [9.17, 15) is 0 Å². The van der Waals surface area contributed by atoms with Crippen LogP contribution in [-0.2, 0) is 0 Å². The maximum Gasteiger partial charge on any atom is 0.155 e. The van der Waals surface area contributed by atoms with Gasteiger partial charge in [-0.15, -0.1) is 5.54 Å². The van der Waals surface area contributed by atoms with Crippen LogP contribution in [0.3, 0.4) is 0 Å². The third kappa shape index (κ3) is 2.16. The lowest BCUT2D eigenvalue weighted by atomic mass is 10.2. The summed E-state index contributed by atoms with van der Waals surface area (Å²) in [4.78, 5) is 0. The Bertz CT molecular complexity index is 224. The van der Waals surface area contributed by atoms with E-state index < -0.39 is 8.07 Å². The molecule has 0 spiro atoms. The molecule has 0 heterocycles. The first-order valence-electron chi connectivity index (χ1n) is 5.75. The molecule has 0 aromatic heterocycles. The van der Waals surface area contributed by atoms with Crippen molar-refractivity contribution in [2.45, 2.75) is 77.4 Å². The Labute approximate surface area is 97.9 Å². The minimum Gasteiger partial charge on any atom is -0.116 e. The second-order valence-corrected chi connectivity index (χ2v) is 13.9. The predicted molar refractivity (Wildman–Crippen MR) is 72.0 cm³/mol. The second-order valence-electron chi connectivity index (χ2n) is 7.62. The second kappa shape index (κ2) is 3.66. The van der Waals surface area contributed by atoms with Gasteiger partial charge in [0.25, 0.3) is 0 Å². The maximum absolute atomic E-state index is 7.89. The zero-order valence-corrected chi connectivity index (χ0v) is 13.0. The minimum absolute atomic E-state index is 0.172. The molecule has 0 atom stereocenters. The molecule has 0 aliphatic heterocycles. The topological polar surface area (TPSA) is 0 Å². The van der Waals surface area contributed by atoms with Crippen LogP contribution in [0.2, 0.25) is 15.1 Å². The molecule has 0 saturated carbocycles. The summed E-state index contributed by atoms with van der Waals surface area (Å²) in [5, 5.41) is 0.516. The van der Waals surface area contributed by atoms with Crippen LogP contribution in [0.4, 0.5) is 0 Å². The molecule has 0 rings (SSSR count). The lowest BCUT2D eigenvalue weighted by Crippen LogP contribution is -2.57. The van der Waals surface area contributed by atoms with Gasteiger partial charge in [-0.05, 0) is 21.5 Å². The van der Waals surface area contributed by atoms with Crippen molar-refractivity contribution in [1.82, 2.24) is 0 Å². The zero-order valence-electron chi connectivity index (χ0n) is 12.0. The van der Waals surface area contributed by atoms with Crippen molar-refractivity contribution < 1.29 is 0 Å². The van der Waals surface area contributed by atoms with Crippen LogP contribution in [0, 0.1) is 12.0 Å². The van der Waals surface area contributed by atoms with E-state index in [1.165, 1.54) is 0 Å². The van der Waals surface area contributed by atoms with Crippen LogP contribution < -0.4 is 0 Å². The summed E-state index contributed by atoms with van der Waals surface area (Å²) in [5.41, 5.74) is 3.02. The standard InChI is InChI=1S/C14H27Si/c1-11-15(12(2,3)4,13(5,6)7)14(8,9)10/h2-10H3. The molecule has 0 bridgehead atoms. The molecule has 1 radical (unpaired) electrons. The van der Waals surface area contributed by atoms with Gasteiger partial charge < -0.3 is 0 Å². The lowest BCUT2D eigenvalue weighted by Gasteiger charge is -2.55. The molecular formula is C14H27Si. The van der Waals surface area contributed by atoms with Gasteiger partial charge in [0.2, 0.25) is 0 Å². The van der Waals surface area contributed by atoms with Crippen LogP contribution >= 0.6 is 0 Å². The van der Waals surface area contributed by atoms with E-state index in [4.69, 9.17) is 6.42 Å². The van der Waals surface area contributed by atoms with Crippen LogP contribution in [0.1, 0.15) is 62.3 Å². The Balaban J connectivity index is 5.93. The average molecular weight is 223 g/mol. The summed E-state index contributed by atoms with van der Waals surface area (Å²) < 4.78 is 0. The van der Waals surface area contributed by atoms with Gasteiger partial charge >= 0.3 is 0 Å². The fraction of sp³-hybridized carbons (Fsp3) is 0.857. The fourth-order valence-corrected chi connectivity index (χ4v) is 11.8. The van der Waals surface area contributed by atoms with Gasteiger partial charge in [0.05, 0.1) is 0 Å². The van der Waals surface area contributed by atoms with Crippen molar-refractivity contribution in [2.24, 2.45) is 0 Å². The first kappa shape index (κ1) is 14.8. The molecule has 0 aliphatic rings. The van der Waals surface area contributed by atoms with E-state index in [1.807, 2.05) is 0 Å². The molecule has 1 heteroatoms. The molecule has 0 saturated heterocycles. The molecule has 0 N–H and O–H groups in total. The Kier molecular flexibility index (Phi) is 3.61. The highest BCUT2D eigenvalue weighted by molar-refractivity contribution is 6.94. The predicted octanol–water partition coefficient (Wildman–Crippen LogP) is 4.96. The molecule has 15 heavy (non-hydrogen) atoms. The lowest BCUT2D eigenvalue weighted by molar-refractivity contribution is 0.549. The average Bonchev–Trinajstić information content (AvgIpc) is 1.76. The van der Waals surface area contributed by atoms with Crippen molar-refractivity contribution in [1.29, 1.82) is 0 Å². The highest BCUT2D eigenvalue weighted by Crippen LogP contribution is 2.61. The number of rotatable bonds is 0. The van der Waals surface area contributed by atoms with E-state index in [2.05, 4.69) is 67.9 Å². The quantitative estimate of drug-likeness (QED) is 0.402. The van der Waals surface area contributed by atoms with Crippen molar-refractivity contribution in [3.8, 4) is 5.54 Å². The third-order valence-electron chi connectivity index (χ3n) is 3.56. The van der Waals surface area contributed by atoms with Crippen molar-refractivity contribution in [3.63, 3.8) is 0 Å². The van der Waals surface area contributed by atoms with Gasteiger partial charge in [-0.2, -0.15) is 0 Å². The first-order chi connectivity index (χ1) is 6.31. The van der Waals surface area contributed by atoms with Crippen molar-refractivity contribution in [3.05, 3.63) is 6.42 Å². The van der Waals surface area contributed by atoms with E-state index in [1.54, 1.807) is 0 Å². The molecule has 0 aromatic carbocycles. The molecule has 0 amide bonds. The van der Waals surface area contributed by atoms with Gasteiger partial charge in [-0.1, -0.05) is 62.3 Å². The summed E-state index contributed by atoms with van der Waals surface area (Å²) in [6.45, 7) is 20.5. The Morgan fingerprint density at radius 1 is 0.667 bits per heavy atom. The normalized spacial score (nSPS) is 14.9.